The van der Waals surface area contributed by atoms with Crippen molar-refractivity contribution in [1.82, 2.24) is 9.80 Å². The summed E-state index contributed by atoms with van der Waals surface area (Å²) >= 11 is 6.05. The van der Waals surface area contributed by atoms with Crippen molar-refractivity contribution >= 4 is 23.4 Å². The third-order valence-corrected chi connectivity index (χ3v) is 5.31. The maximum Gasteiger partial charge on any atom is 0.260 e. The molecule has 3 rings (SSSR count). The summed E-state index contributed by atoms with van der Waals surface area (Å²) in [6.45, 7) is 4.58. The summed E-state index contributed by atoms with van der Waals surface area (Å²) in [4.78, 5) is 28.3. The van der Waals surface area contributed by atoms with Crippen LogP contribution in [0.1, 0.15) is 18.4 Å². The third kappa shape index (κ3) is 6.39. The molecule has 0 aromatic heterocycles. The van der Waals surface area contributed by atoms with Gasteiger partial charge in [0.05, 0.1) is 11.6 Å². The van der Waals surface area contributed by atoms with Gasteiger partial charge in [0.2, 0.25) is 5.91 Å². The molecule has 0 unspecified atom stereocenters. The lowest BCUT2D eigenvalue weighted by molar-refractivity contribution is -0.140. The molecule has 0 saturated carbocycles. The molecule has 1 fully saturated rings. The molecule has 6 nitrogen and oxygen atoms in total. The SMILES string of the molecule is Cc1ccc(OCC(=O)N2CCN(C(=O)CCCOc3ccccc3Cl)CC2)cc1. The highest BCUT2D eigenvalue weighted by molar-refractivity contribution is 6.32. The zero-order valence-corrected chi connectivity index (χ0v) is 17.9. The van der Waals surface area contributed by atoms with Crippen LogP contribution in [-0.2, 0) is 9.59 Å². The number of nitrogens with zero attached hydrogens (tertiary/aromatic N) is 2. The summed E-state index contributed by atoms with van der Waals surface area (Å²) in [6.07, 6.45) is 1.03. The lowest BCUT2D eigenvalue weighted by atomic mass is 10.2. The van der Waals surface area contributed by atoms with E-state index in [-0.39, 0.29) is 18.4 Å². The molecule has 0 spiro atoms. The Bertz CT molecular complexity index is 849. The summed E-state index contributed by atoms with van der Waals surface area (Å²) in [5.41, 5.74) is 1.14. The number of halogens is 1. The fourth-order valence-electron chi connectivity index (χ4n) is 3.20. The summed E-state index contributed by atoms with van der Waals surface area (Å²) in [5, 5.41) is 0.566. The van der Waals surface area contributed by atoms with Crippen molar-refractivity contribution in [2.24, 2.45) is 0 Å². The van der Waals surface area contributed by atoms with Crippen molar-refractivity contribution in [2.75, 3.05) is 39.4 Å². The number of piperazine rings is 1. The molecule has 1 heterocycles. The van der Waals surface area contributed by atoms with Gasteiger partial charge in [-0.2, -0.15) is 0 Å². The van der Waals surface area contributed by atoms with Crippen LogP contribution in [0.25, 0.3) is 0 Å². The second-order valence-corrected chi connectivity index (χ2v) is 7.65. The van der Waals surface area contributed by atoms with Gasteiger partial charge in [0.25, 0.3) is 5.91 Å². The standard InChI is InChI=1S/C23H27ClN2O4/c1-18-8-10-19(11-9-18)30-17-23(28)26-14-12-25(13-15-26)22(27)7-4-16-29-21-6-3-2-5-20(21)24/h2-3,5-6,8-11H,4,7,12-17H2,1H3. The second-order valence-electron chi connectivity index (χ2n) is 7.25. The van der Waals surface area contributed by atoms with Crippen LogP contribution in [0.4, 0.5) is 0 Å². The number of rotatable bonds is 8. The normalized spacial score (nSPS) is 13.8. The number of carbonyl (C=O) groups excluding carboxylic acids is 2. The molecule has 7 heteroatoms. The van der Waals surface area contributed by atoms with Crippen LogP contribution in [0.15, 0.2) is 48.5 Å². The van der Waals surface area contributed by atoms with Crippen LogP contribution in [0, 0.1) is 6.92 Å². The van der Waals surface area contributed by atoms with Gasteiger partial charge in [-0.05, 0) is 37.6 Å². The average molecular weight is 431 g/mol. The first-order chi connectivity index (χ1) is 14.5. The number of carbonyl (C=O) groups is 2. The molecule has 0 N–H and O–H groups in total. The Morgan fingerprint density at radius 3 is 2.20 bits per heavy atom. The monoisotopic (exact) mass is 430 g/mol. The van der Waals surface area contributed by atoms with E-state index in [1.165, 1.54) is 0 Å². The van der Waals surface area contributed by atoms with E-state index in [1.54, 1.807) is 15.9 Å². The predicted octanol–water partition coefficient (Wildman–Crippen LogP) is 3.56. The van der Waals surface area contributed by atoms with Crippen molar-refractivity contribution < 1.29 is 19.1 Å². The highest BCUT2D eigenvalue weighted by Gasteiger charge is 2.24. The Morgan fingerprint density at radius 1 is 0.900 bits per heavy atom. The number of hydrogen-bond acceptors (Lipinski definition) is 4. The van der Waals surface area contributed by atoms with Gasteiger partial charge in [0, 0.05) is 32.6 Å². The number of hydrogen-bond donors (Lipinski definition) is 0. The average Bonchev–Trinajstić information content (AvgIpc) is 2.77. The molecular weight excluding hydrogens is 404 g/mol. The lowest BCUT2D eigenvalue weighted by Crippen LogP contribution is -2.51. The third-order valence-electron chi connectivity index (χ3n) is 5.00. The van der Waals surface area contributed by atoms with Gasteiger partial charge < -0.3 is 19.3 Å². The highest BCUT2D eigenvalue weighted by atomic mass is 35.5. The number of aryl methyl sites for hydroxylation is 1. The Hall–Kier alpha value is -2.73. The Morgan fingerprint density at radius 2 is 1.53 bits per heavy atom. The van der Waals surface area contributed by atoms with Crippen LogP contribution in [0.3, 0.4) is 0 Å². The van der Waals surface area contributed by atoms with E-state index < -0.39 is 0 Å². The molecule has 1 aliphatic heterocycles. The molecule has 2 aromatic carbocycles. The minimum absolute atomic E-state index is 0.0103. The molecule has 2 amide bonds. The maximum absolute atomic E-state index is 12.4. The molecule has 0 atom stereocenters. The van der Waals surface area contributed by atoms with E-state index in [2.05, 4.69) is 0 Å². The van der Waals surface area contributed by atoms with E-state index in [0.717, 1.165) is 5.56 Å². The van der Waals surface area contributed by atoms with Crippen LogP contribution in [-0.4, -0.2) is 61.0 Å². The van der Waals surface area contributed by atoms with Crippen LogP contribution in [0.2, 0.25) is 5.02 Å². The van der Waals surface area contributed by atoms with Crippen molar-refractivity contribution in [2.45, 2.75) is 19.8 Å². The number of amides is 2. The summed E-state index contributed by atoms with van der Waals surface area (Å²) in [6, 6.07) is 14.9. The van der Waals surface area contributed by atoms with Gasteiger partial charge in [-0.3, -0.25) is 9.59 Å². The van der Waals surface area contributed by atoms with E-state index in [9.17, 15) is 9.59 Å². The van der Waals surface area contributed by atoms with Gasteiger partial charge in [0.1, 0.15) is 11.5 Å². The fraction of sp³-hybridized carbons (Fsp3) is 0.391. The summed E-state index contributed by atoms with van der Waals surface area (Å²) < 4.78 is 11.2. The fourth-order valence-corrected chi connectivity index (χ4v) is 3.39. The van der Waals surface area contributed by atoms with Crippen molar-refractivity contribution in [3.05, 3.63) is 59.1 Å². The van der Waals surface area contributed by atoms with E-state index in [1.807, 2.05) is 49.4 Å². The minimum Gasteiger partial charge on any atom is -0.492 e. The van der Waals surface area contributed by atoms with Crippen LogP contribution >= 0.6 is 11.6 Å². The first-order valence-electron chi connectivity index (χ1n) is 10.2. The molecule has 1 aliphatic rings. The van der Waals surface area contributed by atoms with Gasteiger partial charge in [-0.25, -0.2) is 0 Å². The molecule has 1 saturated heterocycles. The Labute approximate surface area is 182 Å². The Balaban J connectivity index is 1.33. The minimum atomic E-state index is -0.0594. The lowest BCUT2D eigenvalue weighted by Gasteiger charge is -2.34. The van der Waals surface area contributed by atoms with Gasteiger partial charge in [-0.1, -0.05) is 41.4 Å². The van der Waals surface area contributed by atoms with E-state index in [4.69, 9.17) is 21.1 Å². The molecule has 30 heavy (non-hydrogen) atoms. The van der Waals surface area contributed by atoms with Gasteiger partial charge in [-0.15, -0.1) is 0 Å². The molecule has 0 bridgehead atoms. The van der Waals surface area contributed by atoms with Gasteiger partial charge in [0.15, 0.2) is 6.61 Å². The first kappa shape index (κ1) is 22.0. The Kier molecular flexibility index (Phi) is 7.97. The topological polar surface area (TPSA) is 59.1 Å². The van der Waals surface area contributed by atoms with E-state index in [0.29, 0.717) is 62.1 Å². The summed E-state index contributed by atoms with van der Waals surface area (Å²) in [5.74, 6) is 1.34. The molecule has 160 valence electrons. The quantitative estimate of drug-likeness (QED) is 0.601. The van der Waals surface area contributed by atoms with Crippen molar-refractivity contribution in [3.63, 3.8) is 0 Å². The first-order valence-corrected chi connectivity index (χ1v) is 10.5. The summed E-state index contributed by atoms with van der Waals surface area (Å²) in [7, 11) is 0. The molecule has 2 aromatic rings. The smallest absolute Gasteiger partial charge is 0.260 e. The number of benzene rings is 2. The van der Waals surface area contributed by atoms with Gasteiger partial charge >= 0.3 is 0 Å². The molecular formula is C23H27ClN2O4. The number of para-hydroxylation sites is 1. The zero-order valence-electron chi connectivity index (χ0n) is 17.2. The number of ether oxygens (including phenoxy) is 2. The maximum atomic E-state index is 12.4. The van der Waals surface area contributed by atoms with Crippen LogP contribution < -0.4 is 9.47 Å². The molecule has 0 radical (unpaired) electrons. The second kappa shape index (κ2) is 10.9. The van der Waals surface area contributed by atoms with Crippen molar-refractivity contribution in [3.8, 4) is 11.5 Å². The van der Waals surface area contributed by atoms with E-state index >= 15 is 0 Å². The van der Waals surface area contributed by atoms with Crippen molar-refractivity contribution in [1.29, 1.82) is 0 Å². The largest absolute Gasteiger partial charge is 0.492 e. The highest BCUT2D eigenvalue weighted by Crippen LogP contribution is 2.23. The zero-order chi connectivity index (χ0) is 21.3. The van der Waals surface area contributed by atoms with Crippen LogP contribution in [0.5, 0.6) is 11.5 Å². The predicted molar refractivity (Wildman–Crippen MR) is 116 cm³/mol. The molecule has 0 aliphatic carbocycles.